The molecule has 0 saturated carbocycles. The molecule has 0 radical (unpaired) electrons. The van der Waals surface area contributed by atoms with Gasteiger partial charge in [0.05, 0.1) is 0 Å². The zero-order valence-electron chi connectivity index (χ0n) is 11.1. The number of rotatable bonds is 3. The Bertz CT molecular complexity index is 473. The van der Waals surface area contributed by atoms with Crippen LogP contribution in [0.4, 0.5) is 5.69 Å². The van der Waals surface area contributed by atoms with Gasteiger partial charge in [0.2, 0.25) is 0 Å². The van der Waals surface area contributed by atoms with Crippen molar-refractivity contribution in [1.82, 2.24) is 5.32 Å². The molecule has 1 aromatic rings. The first kappa shape index (κ1) is 13.8. The molecule has 0 bridgehead atoms. The molecular formula is C14H18N2O2S. The van der Waals surface area contributed by atoms with Gasteiger partial charge in [-0.05, 0) is 43.3 Å². The normalized spacial score (nSPS) is 21.9. The molecule has 0 aliphatic carbocycles. The van der Waals surface area contributed by atoms with Crippen LogP contribution in [-0.4, -0.2) is 23.2 Å². The van der Waals surface area contributed by atoms with Crippen LogP contribution < -0.4 is 10.6 Å². The molecular weight excluding hydrogens is 260 g/mol. The van der Waals surface area contributed by atoms with Crippen LogP contribution in [0.3, 0.4) is 0 Å². The van der Waals surface area contributed by atoms with Gasteiger partial charge < -0.3 is 15.4 Å². The smallest absolute Gasteiger partial charge is 0.329 e. The van der Waals surface area contributed by atoms with Crippen LogP contribution in [0.25, 0.3) is 0 Å². The first-order valence-corrected chi connectivity index (χ1v) is 6.86. The lowest BCUT2D eigenvalue weighted by Gasteiger charge is -2.13. The number of thiocarbonyl (C=S) groups is 1. The second-order valence-corrected chi connectivity index (χ2v) is 5.09. The number of carbonyl (C=O) groups excluding carboxylic acids is 1. The maximum absolute atomic E-state index is 11.5. The highest BCUT2D eigenvalue weighted by atomic mass is 32.1. The second kappa shape index (κ2) is 6.02. The number of nitrogens with one attached hydrogen (secondary N) is 2. The lowest BCUT2D eigenvalue weighted by atomic mass is 10.1. The molecule has 4 nitrogen and oxygen atoms in total. The number of ether oxygens (including phenoxy) is 1. The van der Waals surface area contributed by atoms with E-state index in [0.29, 0.717) is 11.5 Å². The lowest BCUT2D eigenvalue weighted by Crippen LogP contribution is -2.40. The lowest BCUT2D eigenvalue weighted by molar-refractivity contribution is -0.142. The van der Waals surface area contributed by atoms with Crippen molar-refractivity contribution in [3.8, 4) is 0 Å². The van der Waals surface area contributed by atoms with Crippen molar-refractivity contribution in [2.24, 2.45) is 0 Å². The van der Waals surface area contributed by atoms with Crippen molar-refractivity contribution in [2.75, 3.05) is 5.32 Å². The van der Waals surface area contributed by atoms with Crippen molar-refractivity contribution < 1.29 is 9.53 Å². The Morgan fingerprint density at radius 1 is 1.42 bits per heavy atom. The molecule has 0 spiro atoms. The van der Waals surface area contributed by atoms with Crippen LogP contribution in [0, 0.1) is 0 Å². The fourth-order valence-corrected chi connectivity index (χ4v) is 2.28. The average Bonchev–Trinajstić information content (AvgIpc) is 2.68. The zero-order chi connectivity index (χ0) is 13.8. The number of aryl methyl sites for hydroxylation is 1. The SMILES string of the molecule is CCc1ccc(NC(=S)N[C@@H]2C[C@H](C)OC2=O)cc1. The summed E-state index contributed by atoms with van der Waals surface area (Å²) in [4.78, 5) is 11.5. The summed E-state index contributed by atoms with van der Waals surface area (Å²) in [6.07, 6.45) is 1.61. The van der Waals surface area contributed by atoms with Crippen molar-refractivity contribution >= 4 is 29.0 Å². The monoisotopic (exact) mass is 278 g/mol. The van der Waals surface area contributed by atoms with Crippen LogP contribution in [0.2, 0.25) is 0 Å². The summed E-state index contributed by atoms with van der Waals surface area (Å²) in [5.74, 6) is -0.238. The molecule has 1 aliphatic heterocycles. The third-order valence-electron chi connectivity index (χ3n) is 3.09. The van der Waals surface area contributed by atoms with E-state index in [-0.39, 0.29) is 18.1 Å². The van der Waals surface area contributed by atoms with Crippen LogP contribution >= 0.6 is 12.2 Å². The summed E-state index contributed by atoms with van der Waals surface area (Å²) >= 11 is 5.20. The molecule has 0 unspecified atom stereocenters. The number of hydrogen-bond acceptors (Lipinski definition) is 3. The van der Waals surface area contributed by atoms with Crippen molar-refractivity contribution in [3.63, 3.8) is 0 Å². The molecule has 19 heavy (non-hydrogen) atoms. The van der Waals surface area contributed by atoms with E-state index < -0.39 is 0 Å². The van der Waals surface area contributed by atoms with Crippen LogP contribution in [-0.2, 0) is 16.0 Å². The first-order valence-electron chi connectivity index (χ1n) is 6.45. The Morgan fingerprint density at radius 2 is 2.11 bits per heavy atom. The molecule has 2 N–H and O–H groups in total. The largest absolute Gasteiger partial charge is 0.461 e. The Morgan fingerprint density at radius 3 is 2.63 bits per heavy atom. The molecule has 1 heterocycles. The topological polar surface area (TPSA) is 50.4 Å². The van der Waals surface area contributed by atoms with Crippen molar-refractivity contribution in [2.45, 2.75) is 38.8 Å². The predicted molar refractivity (Wildman–Crippen MR) is 79.1 cm³/mol. The quantitative estimate of drug-likeness (QED) is 0.656. The minimum atomic E-state index is -0.343. The second-order valence-electron chi connectivity index (χ2n) is 4.68. The van der Waals surface area contributed by atoms with Gasteiger partial charge in [-0.25, -0.2) is 4.79 Å². The number of esters is 1. The molecule has 1 saturated heterocycles. The molecule has 102 valence electrons. The molecule has 1 aliphatic rings. The van der Waals surface area contributed by atoms with Gasteiger partial charge >= 0.3 is 5.97 Å². The van der Waals surface area contributed by atoms with Crippen LogP contribution in [0.1, 0.15) is 25.8 Å². The number of cyclic esters (lactones) is 1. The Labute approximate surface area is 118 Å². The van der Waals surface area contributed by atoms with E-state index in [2.05, 4.69) is 29.7 Å². The summed E-state index contributed by atoms with van der Waals surface area (Å²) in [6, 6.07) is 7.71. The summed E-state index contributed by atoms with van der Waals surface area (Å²) < 4.78 is 5.07. The van der Waals surface area contributed by atoms with Crippen molar-refractivity contribution in [3.05, 3.63) is 29.8 Å². The average molecular weight is 278 g/mol. The van der Waals surface area contributed by atoms with Gasteiger partial charge in [-0.2, -0.15) is 0 Å². The van der Waals surface area contributed by atoms with E-state index in [1.165, 1.54) is 5.56 Å². The fraction of sp³-hybridized carbons (Fsp3) is 0.429. The summed E-state index contributed by atoms with van der Waals surface area (Å²) in [5, 5.41) is 6.49. The van der Waals surface area contributed by atoms with E-state index in [1.54, 1.807) is 0 Å². The highest BCUT2D eigenvalue weighted by molar-refractivity contribution is 7.80. The summed E-state index contributed by atoms with van der Waals surface area (Å²) in [5.41, 5.74) is 2.19. The molecule has 5 heteroatoms. The van der Waals surface area contributed by atoms with Gasteiger partial charge in [0, 0.05) is 12.1 Å². The Balaban J connectivity index is 1.88. The number of hydrogen-bond donors (Lipinski definition) is 2. The van der Waals surface area contributed by atoms with Gasteiger partial charge in [-0.3, -0.25) is 0 Å². The van der Waals surface area contributed by atoms with Gasteiger partial charge in [0.25, 0.3) is 0 Å². The van der Waals surface area contributed by atoms with Gasteiger partial charge in [0.1, 0.15) is 12.1 Å². The number of benzene rings is 1. The van der Waals surface area contributed by atoms with E-state index in [1.807, 2.05) is 19.1 Å². The summed E-state index contributed by atoms with van der Waals surface area (Å²) in [7, 11) is 0. The van der Waals surface area contributed by atoms with E-state index in [9.17, 15) is 4.79 Å². The third-order valence-corrected chi connectivity index (χ3v) is 3.31. The highest BCUT2D eigenvalue weighted by Gasteiger charge is 2.32. The Hall–Kier alpha value is -1.62. The van der Waals surface area contributed by atoms with Gasteiger partial charge in [0.15, 0.2) is 5.11 Å². The maximum Gasteiger partial charge on any atom is 0.329 e. The predicted octanol–water partition coefficient (Wildman–Crippen LogP) is 2.24. The van der Waals surface area contributed by atoms with E-state index >= 15 is 0 Å². The standard InChI is InChI=1S/C14H18N2O2S/c1-3-10-4-6-11(7-5-10)15-14(19)16-12-8-9(2)18-13(12)17/h4-7,9,12H,3,8H2,1-2H3,(H2,15,16,19)/t9-,12+/m0/s1. The first-order chi connectivity index (χ1) is 9.08. The third kappa shape index (κ3) is 3.67. The molecule has 2 atom stereocenters. The molecule has 1 fully saturated rings. The summed E-state index contributed by atoms with van der Waals surface area (Å²) in [6.45, 7) is 3.99. The molecule has 2 rings (SSSR count). The highest BCUT2D eigenvalue weighted by Crippen LogP contribution is 2.15. The Kier molecular flexibility index (Phi) is 4.37. The minimum Gasteiger partial charge on any atom is -0.461 e. The molecule has 1 aromatic carbocycles. The van der Waals surface area contributed by atoms with Crippen LogP contribution in [0.15, 0.2) is 24.3 Å². The maximum atomic E-state index is 11.5. The van der Waals surface area contributed by atoms with E-state index in [4.69, 9.17) is 17.0 Å². The number of carbonyl (C=O) groups is 1. The fourth-order valence-electron chi connectivity index (χ4n) is 2.02. The minimum absolute atomic E-state index is 0.0448. The number of anilines is 1. The van der Waals surface area contributed by atoms with E-state index in [0.717, 1.165) is 12.1 Å². The van der Waals surface area contributed by atoms with Crippen LogP contribution in [0.5, 0.6) is 0 Å². The zero-order valence-corrected chi connectivity index (χ0v) is 11.9. The van der Waals surface area contributed by atoms with Crippen molar-refractivity contribution in [1.29, 1.82) is 0 Å². The molecule has 0 aromatic heterocycles. The van der Waals surface area contributed by atoms with Gasteiger partial charge in [-0.1, -0.05) is 19.1 Å². The molecule has 0 amide bonds. The van der Waals surface area contributed by atoms with Gasteiger partial charge in [-0.15, -0.1) is 0 Å².